The lowest BCUT2D eigenvalue weighted by Crippen LogP contribution is -2.51. The first-order chi connectivity index (χ1) is 11.6. The van der Waals surface area contributed by atoms with Crippen LogP contribution in [0.3, 0.4) is 0 Å². The lowest BCUT2D eigenvalue weighted by atomic mass is 10.0. The first kappa shape index (κ1) is 24.1. The third kappa shape index (κ3) is 7.94. The van der Waals surface area contributed by atoms with Gasteiger partial charge in [0.05, 0.1) is 18.4 Å². The van der Waals surface area contributed by atoms with Crippen LogP contribution in [0.5, 0.6) is 0 Å². The van der Waals surface area contributed by atoms with Crippen LogP contribution in [-0.4, -0.2) is 56.2 Å². The van der Waals surface area contributed by atoms with Crippen LogP contribution in [0.15, 0.2) is 29.5 Å². The van der Waals surface area contributed by atoms with Crippen molar-refractivity contribution < 1.29 is 14.3 Å². The van der Waals surface area contributed by atoms with Gasteiger partial charge >= 0.3 is 6.03 Å². The molecule has 1 aliphatic rings. The minimum Gasteiger partial charge on any atom is -0.492 e. The molecular weight excluding hydrogens is 306 g/mol. The molecule has 1 fully saturated rings. The molecule has 0 radical (unpaired) electrons. The Morgan fingerprint density at radius 2 is 2.04 bits per heavy atom. The number of aliphatic imine (C=N–C) groups is 1. The van der Waals surface area contributed by atoms with Gasteiger partial charge in [-0.05, 0) is 19.9 Å². The highest BCUT2D eigenvalue weighted by Gasteiger charge is 2.32. The van der Waals surface area contributed by atoms with E-state index in [9.17, 15) is 9.59 Å². The third-order valence-corrected chi connectivity index (χ3v) is 3.06. The minimum atomic E-state index is -0.203. The SMILES string of the molecule is C/C=C1/OCCC(N(CCC=O)C(=O)NC)C1=NC.C=CC.CC. The highest BCUT2D eigenvalue weighted by Crippen LogP contribution is 2.20. The zero-order valence-corrected chi connectivity index (χ0v) is 16.0. The molecule has 2 amide bonds. The van der Waals surface area contributed by atoms with Gasteiger partial charge in [-0.25, -0.2) is 4.79 Å². The maximum atomic E-state index is 12.0. The molecule has 1 saturated heterocycles. The Balaban J connectivity index is 0. The van der Waals surface area contributed by atoms with Crippen molar-refractivity contribution in [3.8, 4) is 0 Å². The van der Waals surface area contributed by atoms with Gasteiger partial charge in [-0.3, -0.25) is 4.99 Å². The summed E-state index contributed by atoms with van der Waals surface area (Å²) >= 11 is 0. The standard InChI is InChI=1S/C13H21N3O3.C3H6.C2H6/c1-4-11-12(14-2)10(6-9-19-11)16(7-5-8-17)13(18)15-3;1-3-2;1-2/h4,8,10H,5-7,9H2,1-3H3,(H,15,18);3H,1H2,2H3;1-2H3/b11-4+,14-12?;;. The van der Waals surface area contributed by atoms with Crippen LogP contribution in [0.4, 0.5) is 4.79 Å². The van der Waals surface area contributed by atoms with E-state index in [2.05, 4.69) is 16.9 Å². The van der Waals surface area contributed by atoms with Gasteiger partial charge in [0.1, 0.15) is 12.0 Å². The zero-order valence-electron chi connectivity index (χ0n) is 16.0. The van der Waals surface area contributed by atoms with Crippen molar-refractivity contribution in [2.24, 2.45) is 4.99 Å². The van der Waals surface area contributed by atoms with E-state index in [0.717, 1.165) is 12.0 Å². The van der Waals surface area contributed by atoms with Gasteiger partial charge in [-0.2, -0.15) is 0 Å². The molecule has 0 aromatic rings. The van der Waals surface area contributed by atoms with Crippen LogP contribution in [0.1, 0.15) is 40.5 Å². The van der Waals surface area contributed by atoms with Crippen molar-refractivity contribution in [2.75, 3.05) is 27.2 Å². The molecular formula is C18H33N3O3. The molecule has 1 unspecified atom stereocenters. The molecule has 6 heteroatoms. The summed E-state index contributed by atoms with van der Waals surface area (Å²) in [4.78, 5) is 28.4. The van der Waals surface area contributed by atoms with Gasteiger partial charge < -0.3 is 19.7 Å². The lowest BCUT2D eigenvalue weighted by Gasteiger charge is -2.35. The molecule has 0 aliphatic carbocycles. The number of allylic oxidation sites excluding steroid dienone is 2. The van der Waals surface area contributed by atoms with Gasteiger partial charge in [0.15, 0.2) is 0 Å². The molecule has 1 heterocycles. The Morgan fingerprint density at radius 1 is 1.46 bits per heavy atom. The second-order valence-corrected chi connectivity index (χ2v) is 4.53. The number of carbonyl (C=O) groups excluding carboxylic acids is 2. The number of amides is 2. The van der Waals surface area contributed by atoms with Gasteiger partial charge in [-0.15, -0.1) is 6.58 Å². The van der Waals surface area contributed by atoms with Crippen molar-refractivity contribution >= 4 is 18.0 Å². The maximum absolute atomic E-state index is 12.0. The molecule has 24 heavy (non-hydrogen) atoms. The summed E-state index contributed by atoms with van der Waals surface area (Å²) in [5.41, 5.74) is 0.753. The zero-order chi connectivity index (χ0) is 19.0. The third-order valence-electron chi connectivity index (χ3n) is 3.06. The summed E-state index contributed by atoms with van der Waals surface area (Å²) in [6.07, 6.45) is 5.40. The second kappa shape index (κ2) is 15.8. The molecule has 1 N–H and O–H groups in total. The summed E-state index contributed by atoms with van der Waals surface area (Å²) < 4.78 is 5.53. The average molecular weight is 339 g/mol. The van der Waals surface area contributed by atoms with E-state index in [-0.39, 0.29) is 12.1 Å². The Bertz CT molecular complexity index is 431. The lowest BCUT2D eigenvalue weighted by molar-refractivity contribution is -0.108. The Morgan fingerprint density at radius 3 is 2.46 bits per heavy atom. The molecule has 6 nitrogen and oxygen atoms in total. The molecule has 0 saturated carbocycles. The predicted molar refractivity (Wildman–Crippen MR) is 101 cm³/mol. The Labute approximate surface area is 146 Å². The number of nitrogens with zero attached hydrogens (tertiary/aromatic N) is 2. The van der Waals surface area contributed by atoms with Crippen LogP contribution in [0, 0.1) is 0 Å². The molecule has 1 atom stereocenters. The van der Waals surface area contributed by atoms with Gasteiger partial charge in [0.2, 0.25) is 0 Å². The fourth-order valence-electron chi connectivity index (χ4n) is 2.18. The average Bonchev–Trinajstić information content (AvgIpc) is 2.63. The first-order valence-electron chi connectivity index (χ1n) is 8.36. The summed E-state index contributed by atoms with van der Waals surface area (Å²) in [5, 5.41) is 2.60. The van der Waals surface area contributed by atoms with Crippen molar-refractivity contribution in [3.63, 3.8) is 0 Å². The van der Waals surface area contributed by atoms with Gasteiger partial charge in [0.25, 0.3) is 0 Å². The monoisotopic (exact) mass is 339 g/mol. The van der Waals surface area contributed by atoms with Crippen molar-refractivity contribution in [2.45, 2.75) is 46.6 Å². The highest BCUT2D eigenvalue weighted by molar-refractivity contribution is 6.04. The van der Waals surface area contributed by atoms with E-state index >= 15 is 0 Å². The van der Waals surface area contributed by atoms with E-state index in [0.29, 0.717) is 31.8 Å². The van der Waals surface area contributed by atoms with Crippen molar-refractivity contribution in [1.82, 2.24) is 10.2 Å². The number of aldehydes is 1. The summed E-state index contributed by atoms with van der Waals surface area (Å²) in [5.74, 6) is 0.707. The summed E-state index contributed by atoms with van der Waals surface area (Å²) in [7, 11) is 3.26. The number of rotatable bonds is 4. The molecule has 0 aromatic heterocycles. The summed E-state index contributed by atoms with van der Waals surface area (Å²) in [6, 6.07) is -0.352. The molecule has 0 bridgehead atoms. The normalized spacial score (nSPS) is 19.0. The quantitative estimate of drug-likeness (QED) is 0.631. The smallest absolute Gasteiger partial charge is 0.317 e. The Kier molecular flexibility index (Phi) is 15.9. The number of hydrogen-bond donors (Lipinski definition) is 1. The predicted octanol–water partition coefficient (Wildman–Crippen LogP) is 3.20. The van der Waals surface area contributed by atoms with Crippen LogP contribution >= 0.6 is 0 Å². The molecule has 1 rings (SSSR count). The molecule has 1 aliphatic heterocycles. The summed E-state index contributed by atoms with van der Waals surface area (Å²) in [6.45, 7) is 12.0. The maximum Gasteiger partial charge on any atom is 0.317 e. The first-order valence-corrected chi connectivity index (χ1v) is 8.36. The second-order valence-electron chi connectivity index (χ2n) is 4.53. The van der Waals surface area contributed by atoms with E-state index in [1.54, 1.807) is 25.1 Å². The van der Waals surface area contributed by atoms with Crippen LogP contribution in [0.2, 0.25) is 0 Å². The van der Waals surface area contributed by atoms with Crippen LogP contribution in [0.25, 0.3) is 0 Å². The molecule has 0 spiro atoms. The number of urea groups is 1. The van der Waals surface area contributed by atoms with E-state index in [1.807, 2.05) is 33.8 Å². The van der Waals surface area contributed by atoms with E-state index < -0.39 is 0 Å². The number of nitrogens with one attached hydrogen (secondary N) is 1. The number of ether oxygens (including phenoxy) is 1. The Hall–Kier alpha value is -2.11. The fraction of sp³-hybridized carbons (Fsp3) is 0.611. The van der Waals surface area contributed by atoms with Crippen molar-refractivity contribution in [1.29, 1.82) is 0 Å². The molecule has 138 valence electrons. The largest absolute Gasteiger partial charge is 0.492 e. The number of carbonyl (C=O) groups is 2. The number of hydrogen-bond acceptors (Lipinski definition) is 4. The minimum absolute atomic E-state index is 0.148. The highest BCUT2D eigenvalue weighted by atomic mass is 16.5. The van der Waals surface area contributed by atoms with Gasteiger partial charge in [-0.1, -0.05) is 19.9 Å². The van der Waals surface area contributed by atoms with Crippen molar-refractivity contribution in [3.05, 3.63) is 24.5 Å². The fourth-order valence-corrected chi connectivity index (χ4v) is 2.18. The molecule has 0 aromatic carbocycles. The van der Waals surface area contributed by atoms with E-state index in [4.69, 9.17) is 4.74 Å². The van der Waals surface area contributed by atoms with E-state index in [1.165, 1.54) is 0 Å². The topological polar surface area (TPSA) is 71.0 Å². The van der Waals surface area contributed by atoms with Crippen LogP contribution < -0.4 is 5.32 Å². The van der Waals surface area contributed by atoms with Gasteiger partial charge in [0, 0.05) is 33.5 Å². The van der Waals surface area contributed by atoms with Crippen LogP contribution in [-0.2, 0) is 9.53 Å².